The molecule has 0 saturated carbocycles. The Kier molecular flexibility index (Phi) is 7.24. The Bertz CT molecular complexity index is 798. The van der Waals surface area contributed by atoms with E-state index in [1.165, 1.54) is 6.21 Å². The number of carbonyl (C=O) groups is 1. The van der Waals surface area contributed by atoms with Crippen molar-refractivity contribution in [2.45, 2.75) is 6.61 Å². The van der Waals surface area contributed by atoms with E-state index < -0.39 is 0 Å². The fourth-order valence-electron chi connectivity index (χ4n) is 1.87. The number of hydrogen-bond acceptors (Lipinski definition) is 5. The van der Waals surface area contributed by atoms with E-state index in [0.717, 1.165) is 5.69 Å². The van der Waals surface area contributed by atoms with Crippen LogP contribution >= 0.6 is 43.5 Å². The van der Waals surface area contributed by atoms with Crippen molar-refractivity contribution in [3.63, 3.8) is 0 Å². The number of halogens is 3. The maximum absolute atomic E-state index is 11.8. The predicted octanol–water partition coefficient (Wildman–Crippen LogP) is 3.63. The third kappa shape index (κ3) is 5.43. The molecule has 25 heavy (non-hydrogen) atoms. The first kappa shape index (κ1) is 19.7. The number of nitrogens with one attached hydrogen (secondary N) is 2. The zero-order chi connectivity index (χ0) is 18.4. The fraction of sp³-hybridized carbons (Fsp3) is 0.125. The number of aromatic hydroxyl groups is 1. The molecule has 0 aliphatic rings. The monoisotopic (exact) mass is 489 g/mol. The zero-order valence-electron chi connectivity index (χ0n) is 12.8. The molecule has 0 spiro atoms. The molecular formula is C16H14Br2ClN3O3. The van der Waals surface area contributed by atoms with Crippen LogP contribution < -0.4 is 10.7 Å². The highest BCUT2D eigenvalue weighted by Crippen LogP contribution is 2.35. The molecule has 2 aromatic rings. The molecule has 132 valence electrons. The molecule has 4 N–H and O–H groups in total. The highest BCUT2D eigenvalue weighted by molar-refractivity contribution is 9.11. The van der Waals surface area contributed by atoms with E-state index in [1.54, 1.807) is 30.3 Å². The number of amides is 1. The van der Waals surface area contributed by atoms with Crippen LogP contribution in [0.15, 0.2) is 44.4 Å². The number of carbonyl (C=O) groups excluding carboxylic acids is 1. The van der Waals surface area contributed by atoms with Crippen LogP contribution in [0, 0.1) is 0 Å². The Morgan fingerprint density at radius 3 is 2.60 bits per heavy atom. The zero-order valence-corrected chi connectivity index (χ0v) is 16.7. The lowest BCUT2D eigenvalue weighted by Gasteiger charge is -2.09. The summed E-state index contributed by atoms with van der Waals surface area (Å²) in [6.07, 6.45) is 1.31. The Morgan fingerprint density at radius 2 is 1.96 bits per heavy atom. The number of hydrogen-bond donors (Lipinski definition) is 4. The van der Waals surface area contributed by atoms with Gasteiger partial charge >= 0.3 is 0 Å². The van der Waals surface area contributed by atoms with Gasteiger partial charge in [0, 0.05) is 26.3 Å². The number of aliphatic hydroxyl groups is 1. The van der Waals surface area contributed by atoms with E-state index in [4.69, 9.17) is 11.6 Å². The summed E-state index contributed by atoms with van der Waals surface area (Å²) in [5.41, 5.74) is 4.01. The summed E-state index contributed by atoms with van der Waals surface area (Å²) in [6, 6.07) is 8.54. The number of phenols is 1. The molecule has 0 saturated heterocycles. The van der Waals surface area contributed by atoms with Crippen LogP contribution in [0.4, 0.5) is 5.69 Å². The van der Waals surface area contributed by atoms with Crippen LogP contribution in [0.2, 0.25) is 5.02 Å². The standard InChI is InChI=1S/C16H14Br2ClN3O3/c17-13-5-9(16(25)15(18)12(13)8-23)6-21-22-14(24)7-20-11-3-1-10(19)2-4-11/h1-6,20,23,25H,7-8H2,(H,22,24)/b21-6+. The van der Waals surface area contributed by atoms with Gasteiger partial charge in [0.05, 0.1) is 23.8 Å². The van der Waals surface area contributed by atoms with Crippen LogP contribution in [0.25, 0.3) is 0 Å². The van der Waals surface area contributed by atoms with Gasteiger partial charge in [0.2, 0.25) is 0 Å². The van der Waals surface area contributed by atoms with Crippen LogP contribution in [0.3, 0.4) is 0 Å². The molecule has 0 unspecified atom stereocenters. The van der Waals surface area contributed by atoms with E-state index in [2.05, 4.69) is 47.7 Å². The van der Waals surface area contributed by atoms with Crippen LogP contribution in [0.5, 0.6) is 5.75 Å². The van der Waals surface area contributed by atoms with Crippen molar-refractivity contribution >= 4 is 61.3 Å². The maximum Gasteiger partial charge on any atom is 0.259 e. The van der Waals surface area contributed by atoms with Gasteiger partial charge in [-0.1, -0.05) is 27.5 Å². The van der Waals surface area contributed by atoms with Gasteiger partial charge in [0.15, 0.2) is 0 Å². The molecule has 0 aliphatic heterocycles. The van der Waals surface area contributed by atoms with Crippen molar-refractivity contribution in [1.82, 2.24) is 5.43 Å². The smallest absolute Gasteiger partial charge is 0.259 e. The largest absolute Gasteiger partial charge is 0.506 e. The van der Waals surface area contributed by atoms with E-state index in [0.29, 0.717) is 25.1 Å². The van der Waals surface area contributed by atoms with Crippen molar-refractivity contribution in [1.29, 1.82) is 0 Å². The number of phenolic OH excluding ortho intramolecular Hbond substituents is 1. The molecular weight excluding hydrogens is 477 g/mol. The highest BCUT2D eigenvalue weighted by atomic mass is 79.9. The number of aliphatic hydroxyl groups excluding tert-OH is 1. The van der Waals surface area contributed by atoms with Gasteiger partial charge in [-0.3, -0.25) is 4.79 Å². The van der Waals surface area contributed by atoms with Gasteiger partial charge in [0.1, 0.15) is 5.75 Å². The fourth-order valence-corrected chi connectivity index (χ4v) is 3.40. The third-order valence-electron chi connectivity index (χ3n) is 3.17. The average molecular weight is 492 g/mol. The Hall–Kier alpha value is -1.61. The van der Waals surface area contributed by atoms with Gasteiger partial charge in [-0.15, -0.1) is 0 Å². The van der Waals surface area contributed by atoms with E-state index in [-0.39, 0.29) is 24.8 Å². The molecule has 9 heteroatoms. The van der Waals surface area contributed by atoms with E-state index in [9.17, 15) is 15.0 Å². The van der Waals surface area contributed by atoms with Gasteiger partial charge in [-0.25, -0.2) is 5.43 Å². The summed E-state index contributed by atoms with van der Waals surface area (Å²) in [5, 5.41) is 26.7. The van der Waals surface area contributed by atoms with Crippen LogP contribution in [0.1, 0.15) is 11.1 Å². The topological polar surface area (TPSA) is 94.0 Å². The van der Waals surface area contributed by atoms with Gasteiger partial charge in [-0.05, 0) is 46.3 Å². The Labute approximate surface area is 166 Å². The van der Waals surface area contributed by atoms with E-state index in [1.807, 2.05) is 0 Å². The lowest BCUT2D eigenvalue weighted by molar-refractivity contribution is -0.119. The number of rotatable bonds is 6. The molecule has 0 aliphatic carbocycles. The lowest BCUT2D eigenvalue weighted by Crippen LogP contribution is -2.25. The molecule has 2 aromatic carbocycles. The minimum atomic E-state index is -0.351. The Balaban J connectivity index is 1.94. The summed E-state index contributed by atoms with van der Waals surface area (Å²) >= 11 is 12.3. The third-order valence-corrected chi connectivity index (χ3v) is 4.98. The van der Waals surface area contributed by atoms with Crippen molar-refractivity contribution in [3.05, 3.63) is 55.4 Å². The first-order chi connectivity index (χ1) is 11.9. The molecule has 2 rings (SSSR count). The maximum atomic E-state index is 11.8. The van der Waals surface area contributed by atoms with Crippen molar-refractivity contribution < 1.29 is 15.0 Å². The Morgan fingerprint density at radius 1 is 1.28 bits per heavy atom. The molecule has 0 aromatic heterocycles. The normalized spacial score (nSPS) is 10.9. The molecule has 0 bridgehead atoms. The SMILES string of the molecule is O=C(CNc1ccc(Cl)cc1)N/N=C/c1cc(Br)c(CO)c(Br)c1O. The van der Waals surface area contributed by atoms with Gasteiger partial charge in [0.25, 0.3) is 5.91 Å². The minimum Gasteiger partial charge on any atom is -0.506 e. The summed E-state index contributed by atoms with van der Waals surface area (Å²) in [7, 11) is 0. The second-order valence-electron chi connectivity index (χ2n) is 4.90. The van der Waals surface area contributed by atoms with Gasteiger partial charge < -0.3 is 15.5 Å². The first-order valence-electron chi connectivity index (χ1n) is 7.04. The molecule has 6 nitrogen and oxygen atoms in total. The van der Waals surface area contributed by atoms with E-state index >= 15 is 0 Å². The molecule has 0 heterocycles. The quantitative estimate of drug-likeness (QED) is 0.367. The molecule has 0 atom stereocenters. The molecule has 1 amide bonds. The van der Waals surface area contributed by atoms with Crippen LogP contribution in [-0.4, -0.2) is 28.9 Å². The highest BCUT2D eigenvalue weighted by Gasteiger charge is 2.13. The summed E-state index contributed by atoms with van der Waals surface area (Å²) < 4.78 is 0.971. The second-order valence-corrected chi connectivity index (χ2v) is 6.98. The average Bonchev–Trinajstić information content (AvgIpc) is 2.59. The number of benzene rings is 2. The minimum absolute atomic E-state index is 0.0296. The molecule has 0 radical (unpaired) electrons. The van der Waals surface area contributed by atoms with Crippen molar-refractivity contribution in [3.8, 4) is 5.75 Å². The summed E-state index contributed by atoms with van der Waals surface area (Å²) in [6.45, 7) is -0.207. The number of nitrogens with zero attached hydrogens (tertiary/aromatic N) is 1. The van der Waals surface area contributed by atoms with Crippen molar-refractivity contribution in [2.75, 3.05) is 11.9 Å². The van der Waals surface area contributed by atoms with Gasteiger partial charge in [-0.2, -0.15) is 5.10 Å². The predicted molar refractivity (Wildman–Crippen MR) is 105 cm³/mol. The first-order valence-corrected chi connectivity index (χ1v) is 9.00. The van der Waals surface area contributed by atoms with Crippen molar-refractivity contribution in [2.24, 2.45) is 5.10 Å². The summed E-state index contributed by atoms with van der Waals surface area (Å²) in [4.78, 5) is 11.8. The second kappa shape index (κ2) is 9.19. The summed E-state index contributed by atoms with van der Waals surface area (Å²) in [5.74, 6) is -0.430. The number of hydrazone groups is 1. The lowest BCUT2D eigenvalue weighted by atomic mass is 10.1. The van der Waals surface area contributed by atoms with Crippen LogP contribution in [-0.2, 0) is 11.4 Å². The number of anilines is 1. The molecule has 0 fully saturated rings.